The van der Waals surface area contributed by atoms with E-state index in [1.807, 2.05) is 30.1 Å². The molecule has 0 radical (unpaired) electrons. The molecule has 5 nitrogen and oxygen atoms in total. The summed E-state index contributed by atoms with van der Waals surface area (Å²) in [6.45, 7) is 2.49. The lowest BCUT2D eigenvalue weighted by Gasteiger charge is -2.38. The van der Waals surface area contributed by atoms with Crippen molar-refractivity contribution < 1.29 is 4.79 Å². The van der Waals surface area contributed by atoms with Gasteiger partial charge in [-0.1, -0.05) is 36.8 Å². The molecule has 26 heavy (non-hydrogen) atoms. The highest BCUT2D eigenvalue weighted by atomic mass is 16.2. The van der Waals surface area contributed by atoms with Gasteiger partial charge in [-0.15, -0.1) is 0 Å². The summed E-state index contributed by atoms with van der Waals surface area (Å²) in [5.41, 5.74) is 1.29. The third-order valence-electron chi connectivity index (χ3n) is 5.63. The topological polar surface area (TPSA) is 41.4 Å². The highest BCUT2D eigenvalue weighted by Gasteiger charge is 2.39. The zero-order valence-corrected chi connectivity index (χ0v) is 15.6. The molecule has 0 bridgehead atoms. The third kappa shape index (κ3) is 3.83. The van der Waals surface area contributed by atoms with Gasteiger partial charge in [0, 0.05) is 32.0 Å². The van der Waals surface area contributed by atoms with Crippen molar-refractivity contribution in [2.45, 2.75) is 57.3 Å². The summed E-state index contributed by atoms with van der Waals surface area (Å²) in [5.74, 6) is 1.27. The van der Waals surface area contributed by atoms with E-state index in [9.17, 15) is 4.79 Å². The molecular formula is C21H28N4O. The van der Waals surface area contributed by atoms with Crippen LogP contribution in [0, 0.1) is 0 Å². The molecule has 1 aliphatic carbocycles. The van der Waals surface area contributed by atoms with Gasteiger partial charge in [0.05, 0.1) is 12.6 Å². The van der Waals surface area contributed by atoms with Crippen LogP contribution in [0.15, 0.2) is 42.7 Å². The lowest BCUT2D eigenvalue weighted by molar-refractivity contribution is -0.140. The average Bonchev–Trinajstić information content (AvgIpc) is 3.43. The van der Waals surface area contributed by atoms with Crippen LogP contribution >= 0.6 is 0 Å². The number of carbonyl (C=O) groups is 1. The zero-order chi connectivity index (χ0) is 17.9. The Morgan fingerprint density at radius 1 is 1.19 bits per heavy atom. The molecular weight excluding hydrogens is 324 g/mol. The average molecular weight is 352 g/mol. The molecule has 2 aliphatic rings. The monoisotopic (exact) mass is 352 g/mol. The minimum atomic E-state index is 0.00447. The predicted molar refractivity (Wildman–Crippen MR) is 101 cm³/mol. The van der Waals surface area contributed by atoms with Crippen LogP contribution in [0.3, 0.4) is 0 Å². The standard InChI is InChI=1S/C21H28N4O/c1-23-14-12-22-20(23)16-25(18-10-11-18)21(26)19-9-5-6-13-24(19)15-17-7-3-2-4-8-17/h2-4,7-8,12,14,18-19H,5-6,9-11,13,15-16H2,1H3. The Balaban J connectivity index is 1.50. The van der Waals surface area contributed by atoms with E-state index < -0.39 is 0 Å². The SMILES string of the molecule is Cn1ccnc1CN(C(=O)C1CCCCN1Cc1ccccc1)C1CC1. The summed E-state index contributed by atoms with van der Waals surface area (Å²) in [6, 6.07) is 10.9. The molecule has 0 N–H and O–H groups in total. The minimum absolute atomic E-state index is 0.00447. The van der Waals surface area contributed by atoms with E-state index in [1.54, 1.807) is 0 Å². The zero-order valence-electron chi connectivity index (χ0n) is 15.6. The fourth-order valence-corrected chi connectivity index (χ4v) is 3.94. The molecule has 2 aromatic rings. The van der Waals surface area contributed by atoms with Gasteiger partial charge in [-0.3, -0.25) is 9.69 Å². The molecule has 1 aromatic heterocycles. The van der Waals surface area contributed by atoms with E-state index in [1.165, 1.54) is 12.0 Å². The Bertz CT molecular complexity index is 737. The van der Waals surface area contributed by atoms with Gasteiger partial charge in [0.1, 0.15) is 5.82 Å². The van der Waals surface area contributed by atoms with Gasteiger partial charge in [0.2, 0.25) is 5.91 Å². The highest BCUT2D eigenvalue weighted by Crippen LogP contribution is 2.31. The summed E-state index contributed by atoms with van der Waals surface area (Å²) in [5, 5.41) is 0. The molecule has 138 valence electrons. The number of amides is 1. The Morgan fingerprint density at radius 3 is 2.69 bits per heavy atom. The quantitative estimate of drug-likeness (QED) is 0.803. The van der Waals surface area contributed by atoms with Crippen molar-refractivity contribution in [3.05, 3.63) is 54.1 Å². The smallest absolute Gasteiger partial charge is 0.240 e. The number of aromatic nitrogens is 2. The molecule has 1 saturated heterocycles. The summed E-state index contributed by atoms with van der Waals surface area (Å²) in [7, 11) is 2.00. The Labute approximate surface area is 155 Å². The summed E-state index contributed by atoms with van der Waals surface area (Å²) in [6.07, 6.45) is 9.31. The van der Waals surface area contributed by atoms with Crippen LogP contribution in [0.4, 0.5) is 0 Å². The van der Waals surface area contributed by atoms with E-state index in [2.05, 4.69) is 39.0 Å². The van der Waals surface area contributed by atoms with Crippen molar-refractivity contribution in [2.75, 3.05) is 6.54 Å². The van der Waals surface area contributed by atoms with E-state index in [4.69, 9.17) is 0 Å². The fraction of sp³-hybridized carbons (Fsp3) is 0.524. The second-order valence-electron chi connectivity index (χ2n) is 7.62. The molecule has 1 saturated carbocycles. The van der Waals surface area contributed by atoms with Crippen molar-refractivity contribution in [2.24, 2.45) is 7.05 Å². The molecule has 1 aliphatic heterocycles. The van der Waals surface area contributed by atoms with Crippen LogP contribution in [0.1, 0.15) is 43.5 Å². The second-order valence-corrected chi connectivity index (χ2v) is 7.62. The normalized spacial score (nSPS) is 20.9. The van der Waals surface area contributed by atoms with E-state index >= 15 is 0 Å². The molecule has 2 fully saturated rings. The van der Waals surface area contributed by atoms with Crippen molar-refractivity contribution in [1.82, 2.24) is 19.4 Å². The molecule has 0 spiro atoms. The van der Waals surface area contributed by atoms with E-state index in [0.717, 1.165) is 44.6 Å². The molecule has 5 heteroatoms. The summed E-state index contributed by atoms with van der Waals surface area (Å²) >= 11 is 0. The first-order valence-corrected chi connectivity index (χ1v) is 9.77. The molecule has 1 atom stereocenters. The van der Waals surface area contributed by atoms with Crippen LogP contribution in [0.25, 0.3) is 0 Å². The van der Waals surface area contributed by atoms with Gasteiger partial charge in [-0.25, -0.2) is 4.98 Å². The number of hydrogen-bond donors (Lipinski definition) is 0. The van der Waals surface area contributed by atoms with Gasteiger partial charge in [0.25, 0.3) is 0 Å². The number of piperidine rings is 1. The first-order chi connectivity index (χ1) is 12.7. The maximum atomic E-state index is 13.5. The number of carbonyl (C=O) groups excluding carboxylic acids is 1. The van der Waals surface area contributed by atoms with Crippen molar-refractivity contribution >= 4 is 5.91 Å². The molecule has 2 heterocycles. The predicted octanol–water partition coefficient (Wildman–Crippen LogP) is 2.97. The number of likely N-dealkylation sites (tertiary alicyclic amines) is 1. The van der Waals surface area contributed by atoms with E-state index in [-0.39, 0.29) is 6.04 Å². The maximum Gasteiger partial charge on any atom is 0.240 e. The highest BCUT2D eigenvalue weighted by molar-refractivity contribution is 5.82. The first kappa shape index (κ1) is 17.3. The van der Waals surface area contributed by atoms with Crippen molar-refractivity contribution in [3.8, 4) is 0 Å². The minimum Gasteiger partial charge on any atom is -0.337 e. The van der Waals surface area contributed by atoms with Gasteiger partial charge < -0.3 is 9.47 Å². The number of nitrogens with zero attached hydrogens (tertiary/aromatic N) is 4. The number of aryl methyl sites for hydroxylation is 1. The Morgan fingerprint density at radius 2 is 2.00 bits per heavy atom. The van der Waals surface area contributed by atoms with Gasteiger partial charge in [-0.05, 0) is 37.8 Å². The van der Waals surface area contributed by atoms with Crippen LogP contribution in [0.5, 0.6) is 0 Å². The van der Waals surface area contributed by atoms with Crippen molar-refractivity contribution in [1.29, 1.82) is 0 Å². The number of rotatable bonds is 6. The third-order valence-corrected chi connectivity index (χ3v) is 5.63. The molecule has 4 rings (SSSR count). The van der Waals surface area contributed by atoms with Gasteiger partial charge in [0.15, 0.2) is 0 Å². The summed E-state index contributed by atoms with van der Waals surface area (Å²) < 4.78 is 2.02. The van der Waals surface area contributed by atoms with Gasteiger partial charge in [-0.2, -0.15) is 0 Å². The second kappa shape index (κ2) is 7.62. The largest absolute Gasteiger partial charge is 0.337 e. The van der Waals surface area contributed by atoms with Crippen LogP contribution in [-0.2, 0) is 24.9 Å². The number of hydrogen-bond acceptors (Lipinski definition) is 3. The van der Waals surface area contributed by atoms with Crippen LogP contribution in [-0.4, -0.2) is 43.9 Å². The lowest BCUT2D eigenvalue weighted by atomic mass is 9.99. The maximum absolute atomic E-state index is 13.5. The fourth-order valence-electron chi connectivity index (χ4n) is 3.94. The molecule has 1 aromatic carbocycles. The van der Waals surface area contributed by atoms with Crippen LogP contribution < -0.4 is 0 Å². The van der Waals surface area contributed by atoms with Crippen LogP contribution in [0.2, 0.25) is 0 Å². The Hall–Kier alpha value is -2.14. The lowest BCUT2D eigenvalue weighted by Crippen LogP contribution is -2.51. The van der Waals surface area contributed by atoms with Gasteiger partial charge >= 0.3 is 0 Å². The molecule has 1 unspecified atom stereocenters. The Kier molecular flexibility index (Phi) is 5.07. The number of imidazole rings is 1. The van der Waals surface area contributed by atoms with Crippen molar-refractivity contribution in [3.63, 3.8) is 0 Å². The number of benzene rings is 1. The summed E-state index contributed by atoms with van der Waals surface area (Å²) in [4.78, 5) is 22.4. The first-order valence-electron chi connectivity index (χ1n) is 9.77. The molecule has 1 amide bonds. The van der Waals surface area contributed by atoms with E-state index in [0.29, 0.717) is 18.5 Å².